The number of anilines is 6. The third kappa shape index (κ3) is 12.4. The number of aromatic nitrogens is 2. The van der Waals surface area contributed by atoms with Gasteiger partial charge >= 0.3 is 5.82 Å². The van der Waals surface area contributed by atoms with Crippen LogP contribution in [0.5, 0.6) is 0 Å². The second kappa shape index (κ2) is 25.1. The van der Waals surface area contributed by atoms with Crippen molar-refractivity contribution in [3.05, 3.63) is 351 Å². The van der Waals surface area contributed by atoms with Crippen molar-refractivity contribution in [2.45, 2.75) is 77.0 Å². The van der Waals surface area contributed by atoms with Crippen LogP contribution < -0.4 is 9.80 Å². The summed E-state index contributed by atoms with van der Waals surface area (Å²) in [5.74, 6) is -0.0440. The van der Waals surface area contributed by atoms with Crippen LogP contribution >= 0.6 is 0 Å². The van der Waals surface area contributed by atoms with E-state index in [4.69, 9.17) is 16.5 Å². The molecule has 0 N–H and O–H groups in total. The fraction of sp³-hybridized carbons (Fsp3) is 0.146. The van der Waals surface area contributed by atoms with E-state index in [2.05, 4.69) is 343 Å². The molecule has 0 unspecified atom stereocenters. The van der Waals surface area contributed by atoms with Gasteiger partial charge in [0.05, 0.1) is 0 Å². The normalized spacial score (nSPS) is 12.0. The zero-order valence-electron chi connectivity index (χ0n) is 51.4. The van der Waals surface area contributed by atoms with E-state index in [9.17, 15) is 5.26 Å². The van der Waals surface area contributed by atoms with Gasteiger partial charge in [-0.1, -0.05) is 268 Å². The average molecular weight is 1140 g/mol. The molecule has 0 saturated carbocycles. The molecule has 6 heteroatoms. The summed E-state index contributed by atoms with van der Waals surface area (Å²) in [4.78, 5) is 17.7. The summed E-state index contributed by atoms with van der Waals surface area (Å²) in [6.07, 6.45) is 7.71. The summed E-state index contributed by atoms with van der Waals surface area (Å²) >= 11 is 0. The van der Waals surface area contributed by atoms with Gasteiger partial charge in [0, 0.05) is 55.8 Å². The predicted molar refractivity (Wildman–Crippen MR) is 367 cm³/mol. The van der Waals surface area contributed by atoms with Crippen LogP contribution in [-0.2, 0) is 21.7 Å². The van der Waals surface area contributed by atoms with Crippen LogP contribution in [0.2, 0.25) is 0 Å². The second-order valence-electron chi connectivity index (χ2n) is 24.6. The number of hydrogen-bond acceptors (Lipinski definition) is 5. The third-order valence-corrected chi connectivity index (χ3v) is 17.6. The van der Waals surface area contributed by atoms with E-state index in [0.29, 0.717) is 11.4 Å². The topological polar surface area (TPSA) is 60.4 Å². The molecule has 0 saturated heterocycles. The molecule has 10 aromatic carbocycles. The second-order valence-corrected chi connectivity index (χ2v) is 24.6. The summed E-state index contributed by atoms with van der Waals surface area (Å²) in [7, 11) is 0. The quantitative estimate of drug-likeness (QED) is 0.0801. The number of nitriles is 1. The van der Waals surface area contributed by atoms with Crippen LogP contribution in [0.15, 0.2) is 267 Å². The lowest BCUT2D eigenvalue weighted by Gasteiger charge is -2.32. The highest BCUT2D eigenvalue weighted by Crippen LogP contribution is 2.44. The van der Waals surface area contributed by atoms with E-state index in [0.717, 1.165) is 45.3 Å². The highest BCUT2D eigenvalue weighted by Gasteiger charge is 2.29. The van der Waals surface area contributed by atoms with Crippen molar-refractivity contribution in [2.24, 2.45) is 0 Å². The monoisotopic (exact) mass is 1140 g/mol. The number of rotatable bonds is 18. The smallest absolute Gasteiger partial charge is 0.307 e. The Labute approximate surface area is 520 Å². The van der Waals surface area contributed by atoms with Crippen molar-refractivity contribution >= 4 is 64.2 Å². The Hall–Kier alpha value is -10.7. The highest BCUT2D eigenvalue weighted by molar-refractivity contribution is 5.83. The Morgan fingerprint density at radius 2 is 0.602 bits per heavy atom. The van der Waals surface area contributed by atoms with E-state index in [-0.39, 0.29) is 33.2 Å². The van der Waals surface area contributed by atoms with Gasteiger partial charge in [0.2, 0.25) is 0 Å². The molecule has 0 atom stereocenters. The maximum atomic E-state index is 10.2. The van der Waals surface area contributed by atoms with Gasteiger partial charge in [-0.25, -0.2) is 4.98 Å². The first-order valence-corrected chi connectivity index (χ1v) is 30.0. The number of benzene rings is 10. The van der Waals surface area contributed by atoms with Gasteiger partial charge in [-0.2, -0.15) is 5.26 Å². The molecule has 0 aliphatic heterocycles. The molecule has 6 nitrogen and oxygen atoms in total. The van der Waals surface area contributed by atoms with E-state index in [1.807, 2.05) is 24.3 Å². The van der Waals surface area contributed by atoms with Crippen molar-refractivity contribution in [1.29, 1.82) is 5.26 Å². The van der Waals surface area contributed by atoms with E-state index >= 15 is 0 Å². The molecule has 0 fully saturated rings. The van der Waals surface area contributed by atoms with Crippen LogP contribution in [0.4, 0.5) is 39.9 Å². The lowest BCUT2D eigenvalue weighted by molar-refractivity contribution is 0.640. The third-order valence-electron chi connectivity index (χ3n) is 17.6. The van der Waals surface area contributed by atoms with Crippen LogP contribution in [0.1, 0.15) is 128 Å². The number of hydrogen-bond donors (Lipinski definition) is 0. The van der Waals surface area contributed by atoms with Gasteiger partial charge in [-0.05, 0) is 141 Å². The molecule has 0 spiro atoms. The summed E-state index contributed by atoms with van der Waals surface area (Å²) in [6, 6.07) is 97.3. The van der Waals surface area contributed by atoms with Crippen molar-refractivity contribution in [3.63, 3.8) is 0 Å². The van der Waals surface area contributed by atoms with Crippen molar-refractivity contribution in [2.75, 3.05) is 9.80 Å². The lowest BCUT2D eigenvalue weighted by Crippen LogP contribution is -2.21. The molecule has 0 aliphatic rings. The van der Waals surface area contributed by atoms with Gasteiger partial charge in [-0.3, -0.25) is 0 Å². The van der Waals surface area contributed by atoms with E-state index in [1.165, 1.54) is 44.5 Å². The Bertz CT molecular complexity index is 3900. The summed E-state index contributed by atoms with van der Waals surface area (Å²) in [5, 5.41) is 10.2. The first-order valence-electron chi connectivity index (χ1n) is 30.0. The van der Waals surface area contributed by atoms with Gasteiger partial charge in [0.25, 0.3) is 0 Å². The Balaban J connectivity index is 0.917. The molecule has 0 radical (unpaired) electrons. The fourth-order valence-corrected chi connectivity index (χ4v) is 11.8. The molecule has 1 heterocycles. The van der Waals surface area contributed by atoms with Gasteiger partial charge in [0.1, 0.15) is 11.8 Å². The lowest BCUT2D eigenvalue weighted by atomic mass is 9.77. The predicted octanol–water partition coefficient (Wildman–Crippen LogP) is 21.5. The summed E-state index contributed by atoms with van der Waals surface area (Å²) in [6.45, 7) is 26.2. The number of nitrogens with zero attached hydrogens (tertiary/aromatic N) is 6. The van der Waals surface area contributed by atoms with Crippen LogP contribution in [-0.4, -0.2) is 9.97 Å². The fourth-order valence-electron chi connectivity index (χ4n) is 11.8. The molecule has 11 aromatic rings. The summed E-state index contributed by atoms with van der Waals surface area (Å²) in [5.41, 5.74) is 17.8. The van der Waals surface area contributed by atoms with Gasteiger partial charge < -0.3 is 14.6 Å². The molecule has 88 heavy (non-hydrogen) atoms. The maximum Gasteiger partial charge on any atom is 0.307 e. The van der Waals surface area contributed by atoms with Gasteiger partial charge in [-0.15, -0.1) is 4.98 Å². The zero-order chi connectivity index (χ0) is 61.5. The minimum absolute atomic E-state index is 0.0231. The van der Waals surface area contributed by atoms with Crippen LogP contribution in [0.3, 0.4) is 0 Å². The van der Waals surface area contributed by atoms with Crippen LogP contribution in [0.25, 0.3) is 29.1 Å². The average Bonchev–Trinajstić information content (AvgIpc) is 2.21. The Morgan fingerprint density at radius 1 is 0.330 bits per heavy atom. The summed E-state index contributed by atoms with van der Waals surface area (Å²) < 4.78 is 0. The first kappa shape index (κ1) is 59.1. The van der Waals surface area contributed by atoms with E-state index in [1.54, 1.807) is 0 Å². The maximum absolute atomic E-state index is 10.2. The molecular weight excluding hydrogens is 1070 g/mol. The van der Waals surface area contributed by atoms with Crippen LogP contribution in [0, 0.1) is 17.9 Å². The van der Waals surface area contributed by atoms with Crippen molar-refractivity contribution in [1.82, 2.24) is 9.97 Å². The standard InChI is InChI=1S/C82H72N6/c1-79(2,61-26-14-10-15-27-61)65-34-22-38-71(54-65)87(72-39-23-35-66(55-72)80(3,4)62-28-16-11-17-29-62)69-48-42-59(43-49-69)46-52-75-76(86-78(84-9)77(58-83)85-75)53-47-60-44-50-70(51-45-60)88(73-40-24-36-67(56-73)81(5,6)63-30-18-12-19-31-63)74-41-25-37-68(57-74)82(7,8)64-32-20-13-21-33-64/h10-57H,1-8H3. The SMILES string of the molecule is [C-]#[N+]c1nc(C=Cc2ccc(N(c3cccc(C(C)(C)c4ccccc4)c3)c3cccc(C(C)(C)c4ccccc4)c3)cc2)c(C=Cc2ccc(N(c3cccc(C(C)(C)c4ccccc4)c3)c3cccc(C(C)(C)c4ccccc4)c3)cc2)nc1C#N. The molecule has 0 amide bonds. The minimum atomic E-state index is -0.250. The molecule has 1 aromatic heterocycles. The first-order chi connectivity index (χ1) is 42.5. The Morgan fingerprint density at radius 3 is 0.875 bits per heavy atom. The van der Waals surface area contributed by atoms with E-state index < -0.39 is 0 Å². The zero-order valence-corrected chi connectivity index (χ0v) is 51.4. The molecule has 0 aliphatic carbocycles. The molecule has 430 valence electrons. The Kier molecular flexibility index (Phi) is 16.9. The minimum Gasteiger partial charge on any atom is -0.358 e. The highest BCUT2D eigenvalue weighted by atomic mass is 15.1. The molecule has 11 rings (SSSR count). The largest absolute Gasteiger partial charge is 0.358 e. The molecular formula is C82H72N6. The van der Waals surface area contributed by atoms with Crippen molar-refractivity contribution < 1.29 is 0 Å². The van der Waals surface area contributed by atoms with Crippen molar-refractivity contribution in [3.8, 4) is 6.07 Å². The van der Waals surface area contributed by atoms with Gasteiger partial charge in [0.15, 0.2) is 11.4 Å². The molecule has 0 bridgehead atoms.